The molecule has 0 saturated carbocycles. The van der Waals surface area contributed by atoms with Gasteiger partial charge in [0, 0.05) is 6.20 Å². The number of nitrogens with zero attached hydrogens (tertiary/aromatic N) is 1. The molecule has 1 aromatic heterocycles. The molecule has 24 heavy (non-hydrogen) atoms. The first-order valence-electron chi connectivity index (χ1n) is 7.38. The number of hydrogen-bond donors (Lipinski definition) is 3. The van der Waals surface area contributed by atoms with Crippen molar-refractivity contribution in [3.05, 3.63) is 60.4 Å². The molecule has 122 valence electrons. The van der Waals surface area contributed by atoms with E-state index in [0.717, 1.165) is 10.8 Å². The molecule has 0 saturated heterocycles. The average molecular weight is 324 g/mol. The summed E-state index contributed by atoms with van der Waals surface area (Å²) in [6.45, 7) is 1.60. The van der Waals surface area contributed by atoms with E-state index in [2.05, 4.69) is 21.0 Å². The highest BCUT2D eigenvalue weighted by molar-refractivity contribution is 5.94. The number of aromatic nitrogens is 2. The number of hydrogen-bond acceptors (Lipinski definition) is 4. The van der Waals surface area contributed by atoms with Gasteiger partial charge in [0.2, 0.25) is 0 Å². The average Bonchev–Trinajstić information content (AvgIpc) is 3.14. The molecular formula is C17H16N4O3. The molecule has 1 unspecified atom stereocenters. The second-order valence-electron chi connectivity index (χ2n) is 5.18. The molecule has 7 nitrogen and oxygen atoms in total. The van der Waals surface area contributed by atoms with Crippen LogP contribution in [0.2, 0.25) is 0 Å². The number of carbonyl (C=O) groups excluding carboxylic acids is 2. The first kappa shape index (κ1) is 15.5. The van der Waals surface area contributed by atoms with Gasteiger partial charge in [-0.25, -0.2) is 0 Å². The standard InChI is InChI=1S/C17H16N4O3/c1-11(16(22)20-21-17(23)15-8-9-18-19-15)24-14-7-6-12-4-2-3-5-13(12)10-14/h2-11H,1H3,(H,18,19)(H,20,22)(H,21,23). The Kier molecular flexibility index (Phi) is 4.42. The normalized spacial score (nSPS) is 11.7. The zero-order chi connectivity index (χ0) is 16.9. The maximum atomic E-state index is 12.0. The molecule has 3 aromatic rings. The predicted molar refractivity (Wildman–Crippen MR) is 88.2 cm³/mol. The minimum absolute atomic E-state index is 0.249. The molecule has 2 aromatic carbocycles. The number of ether oxygens (including phenoxy) is 1. The highest BCUT2D eigenvalue weighted by atomic mass is 16.5. The number of carbonyl (C=O) groups is 2. The van der Waals surface area contributed by atoms with Crippen molar-refractivity contribution in [2.45, 2.75) is 13.0 Å². The predicted octanol–water partition coefficient (Wildman–Crippen LogP) is 1.79. The summed E-state index contributed by atoms with van der Waals surface area (Å²) in [4.78, 5) is 23.7. The molecule has 3 rings (SSSR count). The van der Waals surface area contributed by atoms with Crippen molar-refractivity contribution in [1.29, 1.82) is 0 Å². The molecular weight excluding hydrogens is 308 g/mol. The minimum atomic E-state index is -0.770. The van der Waals surface area contributed by atoms with Crippen molar-refractivity contribution in [2.24, 2.45) is 0 Å². The fourth-order valence-electron chi connectivity index (χ4n) is 2.17. The largest absolute Gasteiger partial charge is 0.481 e. The lowest BCUT2D eigenvalue weighted by Crippen LogP contribution is -2.47. The van der Waals surface area contributed by atoms with E-state index in [-0.39, 0.29) is 5.69 Å². The number of fused-ring (bicyclic) bond motifs is 1. The van der Waals surface area contributed by atoms with Crippen molar-refractivity contribution in [1.82, 2.24) is 21.0 Å². The Morgan fingerprint density at radius 3 is 2.62 bits per heavy atom. The van der Waals surface area contributed by atoms with Gasteiger partial charge in [-0.3, -0.25) is 25.5 Å². The number of amides is 2. The Hall–Kier alpha value is -3.35. The monoisotopic (exact) mass is 324 g/mol. The summed E-state index contributed by atoms with van der Waals surface area (Å²) in [7, 11) is 0. The van der Waals surface area contributed by atoms with Crippen LogP contribution in [0.25, 0.3) is 10.8 Å². The van der Waals surface area contributed by atoms with Crippen LogP contribution in [-0.4, -0.2) is 28.1 Å². The second-order valence-corrected chi connectivity index (χ2v) is 5.18. The highest BCUT2D eigenvalue weighted by Gasteiger charge is 2.16. The molecule has 0 aliphatic rings. The van der Waals surface area contributed by atoms with Crippen LogP contribution in [0.15, 0.2) is 54.7 Å². The number of H-pyrrole nitrogens is 1. The molecule has 1 atom stereocenters. The molecule has 0 radical (unpaired) electrons. The van der Waals surface area contributed by atoms with Gasteiger partial charge >= 0.3 is 0 Å². The maximum Gasteiger partial charge on any atom is 0.287 e. The van der Waals surface area contributed by atoms with Gasteiger partial charge in [0.1, 0.15) is 11.4 Å². The van der Waals surface area contributed by atoms with Gasteiger partial charge in [0.15, 0.2) is 6.10 Å². The molecule has 0 fully saturated rings. The minimum Gasteiger partial charge on any atom is -0.481 e. The number of hydrazine groups is 1. The zero-order valence-electron chi connectivity index (χ0n) is 12.9. The van der Waals surface area contributed by atoms with Crippen molar-refractivity contribution >= 4 is 22.6 Å². The first-order chi connectivity index (χ1) is 11.6. The van der Waals surface area contributed by atoms with E-state index in [1.54, 1.807) is 13.0 Å². The van der Waals surface area contributed by atoms with Gasteiger partial charge in [0.05, 0.1) is 0 Å². The SMILES string of the molecule is CC(Oc1ccc2ccccc2c1)C(=O)NNC(=O)c1ccn[nH]1. The van der Waals surface area contributed by atoms with E-state index < -0.39 is 17.9 Å². The number of benzene rings is 2. The summed E-state index contributed by atoms with van der Waals surface area (Å²) in [6.07, 6.45) is 0.676. The summed E-state index contributed by atoms with van der Waals surface area (Å²) in [5.41, 5.74) is 4.86. The summed E-state index contributed by atoms with van der Waals surface area (Å²) in [6, 6.07) is 15.0. The van der Waals surface area contributed by atoms with E-state index in [0.29, 0.717) is 5.75 Å². The molecule has 0 bridgehead atoms. The van der Waals surface area contributed by atoms with Crippen LogP contribution < -0.4 is 15.6 Å². The topological polar surface area (TPSA) is 96.1 Å². The molecule has 0 aliphatic carbocycles. The van der Waals surface area contributed by atoms with Crippen LogP contribution in [-0.2, 0) is 4.79 Å². The second kappa shape index (κ2) is 6.82. The Bertz CT molecular complexity index is 861. The maximum absolute atomic E-state index is 12.0. The van der Waals surface area contributed by atoms with E-state index in [1.807, 2.05) is 36.4 Å². The smallest absolute Gasteiger partial charge is 0.287 e. The van der Waals surface area contributed by atoms with Gasteiger partial charge in [-0.05, 0) is 35.9 Å². The number of rotatable bonds is 4. The lowest BCUT2D eigenvalue weighted by atomic mass is 10.1. The van der Waals surface area contributed by atoms with E-state index in [9.17, 15) is 9.59 Å². The Balaban J connectivity index is 1.57. The van der Waals surface area contributed by atoms with Gasteiger partial charge in [-0.2, -0.15) is 5.10 Å². The Morgan fingerprint density at radius 1 is 1.08 bits per heavy atom. The Morgan fingerprint density at radius 2 is 1.88 bits per heavy atom. The van der Waals surface area contributed by atoms with Gasteiger partial charge in [0.25, 0.3) is 11.8 Å². The first-order valence-corrected chi connectivity index (χ1v) is 7.38. The third kappa shape index (κ3) is 3.52. The summed E-state index contributed by atoms with van der Waals surface area (Å²) in [5.74, 6) is -0.369. The third-order valence-corrected chi connectivity index (χ3v) is 3.45. The zero-order valence-corrected chi connectivity index (χ0v) is 12.9. The van der Waals surface area contributed by atoms with Crippen molar-refractivity contribution in [2.75, 3.05) is 0 Å². The fourth-order valence-corrected chi connectivity index (χ4v) is 2.17. The molecule has 3 N–H and O–H groups in total. The highest BCUT2D eigenvalue weighted by Crippen LogP contribution is 2.21. The van der Waals surface area contributed by atoms with Crippen LogP contribution >= 0.6 is 0 Å². The van der Waals surface area contributed by atoms with E-state index in [4.69, 9.17) is 4.74 Å². The lowest BCUT2D eigenvalue weighted by Gasteiger charge is -2.15. The van der Waals surface area contributed by atoms with Crippen LogP contribution in [0, 0.1) is 0 Å². The molecule has 0 spiro atoms. The summed E-state index contributed by atoms with van der Waals surface area (Å²) < 4.78 is 5.62. The molecule has 7 heteroatoms. The quantitative estimate of drug-likeness (QED) is 0.638. The van der Waals surface area contributed by atoms with Crippen LogP contribution in [0.1, 0.15) is 17.4 Å². The summed E-state index contributed by atoms with van der Waals surface area (Å²) >= 11 is 0. The third-order valence-electron chi connectivity index (χ3n) is 3.45. The Labute approximate surface area is 138 Å². The van der Waals surface area contributed by atoms with E-state index >= 15 is 0 Å². The molecule has 2 amide bonds. The van der Waals surface area contributed by atoms with Gasteiger partial charge in [-0.1, -0.05) is 30.3 Å². The van der Waals surface area contributed by atoms with Crippen molar-refractivity contribution < 1.29 is 14.3 Å². The number of aromatic amines is 1. The van der Waals surface area contributed by atoms with Crippen LogP contribution in [0.5, 0.6) is 5.75 Å². The lowest BCUT2D eigenvalue weighted by molar-refractivity contribution is -0.128. The van der Waals surface area contributed by atoms with Gasteiger partial charge < -0.3 is 4.74 Å². The van der Waals surface area contributed by atoms with Gasteiger partial charge in [-0.15, -0.1) is 0 Å². The molecule has 1 heterocycles. The van der Waals surface area contributed by atoms with Crippen molar-refractivity contribution in [3.8, 4) is 5.75 Å². The van der Waals surface area contributed by atoms with Crippen molar-refractivity contribution in [3.63, 3.8) is 0 Å². The fraction of sp³-hybridized carbons (Fsp3) is 0.118. The van der Waals surface area contributed by atoms with Crippen LogP contribution in [0.4, 0.5) is 0 Å². The number of nitrogens with one attached hydrogen (secondary N) is 3. The van der Waals surface area contributed by atoms with Crippen LogP contribution in [0.3, 0.4) is 0 Å². The molecule has 0 aliphatic heterocycles. The summed E-state index contributed by atoms with van der Waals surface area (Å²) in [5, 5.41) is 8.28. The van der Waals surface area contributed by atoms with E-state index in [1.165, 1.54) is 12.3 Å².